The lowest BCUT2D eigenvalue weighted by atomic mass is 10.1. The van der Waals surface area contributed by atoms with Crippen LogP contribution in [-0.4, -0.2) is 29.6 Å². The van der Waals surface area contributed by atoms with Crippen LogP contribution in [0.4, 0.5) is 11.4 Å². The van der Waals surface area contributed by atoms with Crippen LogP contribution in [-0.2, 0) is 6.42 Å². The van der Waals surface area contributed by atoms with Crippen LogP contribution >= 0.6 is 11.3 Å². The van der Waals surface area contributed by atoms with Gasteiger partial charge in [0, 0.05) is 24.5 Å². The van der Waals surface area contributed by atoms with Crippen LogP contribution in [0.15, 0.2) is 35.7 Å². The highest BCUT2D eigenvalue weighted by molar-refractivity contribution is 7.09. The molecule has 0 atom stereocenters. The molecule has 1 heterocycles. The van der Waals surface area contributed by atoms with Gasteiger partial charge in [-0.2, -0.15) is 0 Å². The van der Waals surface area contributed by atoms with E-state index in [1.54, 1.807) is 23.3 Å². The predicted molar refractivity (Wildman–Crippen MR) is 81.3 cm³/mol. The zero-order valence-corrected chi connectivity index (χ0v) is 12.2. The predicted octanol–water partition coefficient (Wildman–Crippen LogP) is 3.03. The molecule has 6 nitrogen and oxygen atoms in total. The van der Waals surface area contributed by atoms with E-state index in [-0.39, 0.29) is 11.3 Å². The summed E-state index contributed by atoms with van der Waals surface area (Å²) in [6.45, 7) is 0.619. The molecule has 21 heavy (non-hydrogen) atoms. The Hall–Kier alpha value is -2.41. The molecule has 0 aliphatic rings. The Morgan fingerprint density at radius 3 is 2.76 bits per heavy atom. The maximum absolute atomic E-state index is 11.1. The third kappa shape index (κ3) is 3.57. The number of likely N-dealkylation sites (N-methyl/N-ethyl adjacent to an activating group) is 1. The summed E-state index contributed by atoms with van der Waals surface area (Å²) in [4.78, 5) is 24.4. The molecule has 1 aromatic heterocycles. The smallest absolute Gasteiger partial charge is 0.335 e. The standard InChI is InChI=1S/C14H14N2O4S/c1-15(7-6-11-3-2-8-21-11)12-5-4-10(14(17)18)9-13(12)16(19)20/h2-5,8-9H,6-7H2,1H3,(H,17,18). The second-order valence-corrected chi connectivity index (χ2v) is 5.55. The molecular formula is C14H14N2O4S. The molecule has 1 aromatic carbocycles. The summed E-state index contributed by atoms with van der Waals surface area (Å²) in [7, 11) is 1.76. The number of hydrogen-bond donors (Lipinski definition) is 1. The number of carboxylic acids is 1. The maximum Gasteiger partial charge on any atom is 0.335 e. The summed E-state index contributed by atoms with van der Waals surface area (Å²) < 4.78 is 0. The summed E-state index contributed by atoms with van der Waals surface area (Å²) >= 11 is 1.64. The zero-order chi connectivity index (χ0) is 15.4. The van der Waals surface area contributed by atoms with Crippen molar-refractivity contribution in [3.63, 3.8) is 0 Å². The molecule has 0 unspecified atom stereocenters. The summed E-state index contributed by atoms with van der Waals surface area (Å²) in [5.74, 6) is -1.18. The average Bonchev–Trinajstić information content (AvgIpc) is 2.97. The van der Waals surface area contributed by atoms with Crippen LogP contribution in [0.3, 0.4) is 0 Å². The fourth-order valence-corrected chi connectivity index (χ4v) is 2.68. The first kappa shape index (κ1) is 15.0. The van der Waals surface area contributed by atoms with E-state index in [1.165, 1.54) is 17.0 Å². The van der Waals surface area contributed by atoms with Gasteiger partial charge in [0.05, 0.1) is 10.5 Å². The first-order valence-corrected chi connectivity index (χ1v) is 7.12. The third-order valence-electron chi connectivity index (χ3n) is 3.10. The largest absolute Gasteiger partial charge is 0.478 e. The van der Waals surface area contributed by atoms with Crippen molar-refractivity contribution in [3.8, 4) is 0 Å². The lowest BCUT2D eigenvalue weighted by Crippen LogP contribution is -2.21. The van der Waals surface area contributed by atoms with Gasteiger partial charge in [-0.15, -0.1) is 11.3 Å². The van der Waals surface area contributed by atoms with Crippen LogP contribution in [0.5, 0.6) is 0 Å². The molecule has 1 N–H and O–H groups in total. The van der Waals surface area contributed by atoms with E-state index in [0.29, 0.717) is 12.2 Å². The number of benzene rings is 1. The van der Waals surface area contributed by atoms with Crippen LogP contribution in [0, 0.1) is 10.1 Å². The number of hydrogen-bond acceptors (Lipinski definition) is 5. The number of anilines is 1. The number of nitro benzene ring substituents is 1. The van der Waals surface area contributed by atoms with Crippen molar-refractivity contribution in [1.82, 2.24) is 0 Å². The molecule has 2 aromatic rings. The van der Waals surface area contributed by atoms with Gasteiger partial charge in [0.1, 0.15) is 5.69 Å². The van der Waals surface area contributed by atoms with Gasteiger partial charge in [0.15, 0.2) is 0 Å². The molecule has 0 amide bonds. The monoisotopic (exact) mass is 306 g/mol. The van der Waals surface area contributed by atoms with E-state index in [1.807, 2.05) is 17.5 Å². The molecule has 2 rings (SSSR count). The minimum atomic E-state index is -1.18. The van der Waals surface area contributed by atoms with Crippen LogP contribution < -0.4 is 4.90 Å². The van der Waals surface area contributed by atoms with Crippen LogP contribution in [0.25, 0.3) is 0 Å². The second kappa shape index (κ2) is 6.36. The van der Waals surface area contributed by atoms with Gasteiger partial charge in [-0.3, -0.25) is 10.1 Å². The summed E-state index contributed by atoms with van der Waals surface area (Å²) in [5, 5.41) is 22.0. The minimum Gasteiger partial charge on any atom is -0.478 e. The Labute approximate surface area is 125 Å². The van der Waals surface area contributed by atoms with Crippen LogP contribution in [0.2, 0.25) is 0 Å². The summed E-state index contributed by atoms with van der Waals surface area (Å²) in [6.07, 6.45) is 0.784. The number of thiophene rings is 1. The van der Waals surface area contributed by atoms with Crippen molar-refractivity contribution in [1.29, 1.82) is 0 Å². The second-order valence-electron chi connectivity index (χ2n) is 4.52. The summed E-state index contributed by atoms with van der Waals surface area (Å²) in [6, 6.07) is 7.94. The van der Waals surface area contributed by atoms with E-state index in [9.17, 15) is 14.9 Å². The molecule has 0 saturated carbocycles. The Bertz CT molecular complexity index is 655. The van der Waals surface area contributed by atoms with Crippen LogP contribution in [0.1, 0.15) is 15.2 Å². The third-order valence-corrected chi connectivity index (χ3v) is 4.04. The van der Waals surface area contributed by atoms with Crippen molar-refractivity contribution < 1.29 is 14.8 Å². The van der Waals surface area contributed by atoms with Gasteiger partial charge in [-0.05, 0) is 30.0 Å². The van der Waals surface area contributed by atoms with Crippen molar-refractivity contribution in [3.05, 3.63) is 56.3 Å². The molecule has 0 aliphatic heterocycles. The Morgan fingerprint density at radius 1 is 1.43 bits per heavy atom. The molecule has 0 saturated heterocycles. The number of nitrogens with zero attached hydrogens (tertiary/aromatic N) is 2. The molecule has 0 radical (unpaired) electrons. The van der Waals surface area contributed by atoms with E-state index in [0.717, 1.165) is 12.5 Å². The number of carbonyl (C=O) groups is 1. The van der Waals surface area contributed by atoms with E-state index < -0.39 is 10.9 Å². The number of aromatic carboxylic acids is 1. The molecule has 7 heteroatoms. The van der Waals surface area contributed by atoms with Gasteiger partial charge in [0.2, 0.25) is 0 Å². The van der Waals surface area contributed by atoms with E-state index in [2.05, 4.69) is 0 Å². The molecule has 0 aliphatic carbocycles. The fourth-order valence-electron chi connectivity index (χ4n) is 1.98. The van der Waals surface area contributed by atoms with Gasteiger partial charge in [-0.1, -0.05) is 6.07 Å². The fraction of sp³-hybridized carbons (Fsp3) is 0.214. The topological polar surface area (TPSA) is 83.7 Å². The van der Waals surface area contributed by atoms with Gasteiger partial charge < -0.3 is 10.0 Å². The van der Waals surface area contributed by atoms with Gasteiger partial charge in [0.25, 0.3) is 5.69 Å². The first-order valence-electron chi connectivity index (χ1n) is 6.24. The maximum atomic E-state index is 11.1. The van der Waals surface area contributed by atoms with Crippen molar-refractivity contribution in [2.75, 3.05) is 18.5 Å². The number of rotatable bonds is 6. The number of nitro groups is 1. The highest BCUT2D eigenvalue weighted by Gasteiger charge is 2.19. The first-order chi connectivity index (χ1) is 9.99. The molecule has 110 valence electrons. The highest BCUT2D eigenvalue weighted by Crippen LogP contribution is 2.28. The summed E-state index contributed by atoms with van der Waals surface area (Å²) in [5.41, 5.74) is 0.141. The van der Waals surface area contributed by atoms with E-state index >= 15 is 0 Å². The Kier molecular flexibility index (Phi) is 4.54. The zero-order valence-electron chi connectivity index (χ0n) is 11.4. The highest BCUT2D eigenvalue weighted by atomic mass is 32.1. The lowest BCUT2D eigenvalue weighted by molar-refractivity contribution is -0.384. The lowest BCUT2D eigenvalue weighted by Gasteiger charge is -2.19. The molecule has 0 fully saturated rings. The van der Waals surface area contributed by atoms with E-state index in [4.69, 9.17) is 5.11 Å². The van der Waals surface area contributed by atoms with Crippen molar-refractivity contribution in [2.24, 2.45) is 0 Å². The van der Waals surface area contributed by atoms with Crippen molar-refractivity contribution in [2.45, 2.75) is 6.42 Å². The molecule has 0 bridgehead atoms. The van der Waals surface area contributed by atoms with Gasteiger partial charge in [-0.25, -0.2) is 4.79 Å². The Balaban J connectivity index is 2.21. The normalized spacial score (nSPS) is 10.3. The molecule has 0 spiro atoms. The SMILES string of the molecule is CN(CCc1cccs1)c1ccc(C(=O)O)cc1[N+](=O)[O-]. The van der Waals surface area contributed by atoms with Gasteiger partial charge >= 0.3 is 5.97 Å². The minimum absolute atomic E-state index is 0.0860. The average molecular weight is 306 g/mol. The Morgan fingerprint density at radius 2 is 2.19 bits per heavy atom. The molecular weight excluding hydrogens is 292 g/mol. The van der Waals surface area contributed by atoms with Crippen molar-refractivity contribution >= 4 is 28.7 Å². The quantitative estimate of drug-likeness (QED) is 0.655. The number of carboxylic acid groups (broad SMARTS) is 1.